The summed E-state index contributed by atoms with van der Waals surface area (Å²) in [5, 5.41) is 17.3. The molecule has 0 unspecified atom stereocenters. The van der Waals surface area contributed by atoms with Crippen LogP contribution in [0.15, 0.2) is 0 Å². The van der Waals surface area contributed by atoms with Gasteiger partial charge in [0.1, 0.15) is 5.69 Å². The largest absolute Gasteiger partial charge is 0.394 e. The lowest BCUT2D eigenvalue weighted by molar-refractivity contribution is 0.0309. The number of nitrogens with zero attached hydrogens (tertiary/aromatic N) is 4. The first-order valence-electron chi connectivity index (χ1n) is 7.80. The van der Waals surface area contributed by atoms with Gasteiger partial charge < -0.3 is 14.6 Å². The summed E-state index contributed by atoms with van der Waals surface area (Å²) in [6.45, 7) is 5.45. The summed E-state index contributed by atoms with van der Waals surface area (Å²) in [5.41, 5.74) is 2.07. The van der Waals surface area contributed by atoms with Crippen LogP contribution in [0.5, 0.6) is 0 Å². The Kier molecular flexibility index (Phi) is 5.18. The summed E-state index contributed by atoms with van der Waals surface area (Å²) >= 11 is 0. The Labute approximate surface area is 124 Å². The summed E-state index contributed by atoms with van der Waals surface area (Å²) in [5.74, 6) is 0. The summed E-state index contributed by atoms with van der Waals surface area (Å²) in [4.78, 5) is 2.54. The highest BCUT2D eigenvalue weighted by molar-refractivity contribution is 5.10. The van der Waals surface area contributed by atoms with Crippen molar-refractivity contribution in [3.8, 4) is 0 Å². The lowest BCUT2D eigenvalue weighted by Crippen LogP contribution is -2.39. The second-order valence-electron chi connectivity index (χ2n) is 5.65. The Morgan fingerprint density at radius 3 is 2.95 bits per heavy atom. The molecule has 2 aliphatic heterocycles. The maximum atomic E-state index is 8.80. The lowest BCUT2D eigenvalue weighted by Gasteiger charge is -2.33. The SMILES string of the molecule is OCCOCc1nnn2c1CN(C1CCOCC1)CCC2. The van der Waals surface area contributed by atoms with Crippen molar-refractivity contribution in [2.24, 2.45) is 0 Å². The van der Waals surface area contributed by atoms with Crippen LogP contribution < -0.4 is 0 Å². The standard InChI is InChI=1S/C14H24N4O3/c19-6-9-21-11-13-14-10-17(12-2-7-20-8-3-12)4-1-5-18(14)16-15-13/h12,19H,1-11H2. The zero-order valence-electron chi connectivity index (χ0n) is 12.4. The van der Waals surface area contributed by atoms with Crippen LogP contribution in [-0.2, 0) is 29.2 Å². The van der Waals surface area contributed by atoms with Crippen molar-refractivity contribution in [2.45, 2.75) is 45.0 Å². The highest BCUT2D eigenvalue weighted by atomic mass is 16.5. The molecule has 0 bridgehead atoms. The van der Waals surface area contributed by atoms with Crippen LogP contribution in [0.3, 0.4) is 0 Å². The topological polar surface area (TPSA) is 72.6 Å². The van der Waals surface area contributed by atoms with Gasteiger partial charge >= 0.3 is 0 Å². The van der Waals surface area contributed by atoms with Gasteiger partial charge in [-0.05, 0) is 19.3 Å². The van der Waals surface area contributed by atoms with Crippen LogP contribution in [0.1, 0.15) is 30.7 Å². The Balaban J connectivity index is 1.68. The second kappa shape index (κ2) is 7.31. The van der Waals surface area contributed by atoms with E-state index in [-0.39, 0.29) is 6.61 Å². The number of hydrogen-bond acceptors (Lipinski definition) is 6. The van der Waals surface area contributed by atoms with Gasteiger partial charge in [-0.15, -0.1) is 5.10 Å². The highest BCUT2D eigenvalue weighted by Gasteiger charge is 2.26. The van der Waals surface area contributed by atoms with E-state index in [1.807, 2.05) is 4.68 Å². The normalized spacial score (nSPS) is 21.2. The average Bonchev–Trinajstić information content (AvgIpc) is 2.78. The van der Waals surface area contributed by atoms with Crippen LogP contribution >= 0.6 is 0 Å². The van der Waals surface area contributed by atoms with Crippen LogP contribution in [0.2, 0.25) is 0 Å². The van der Waals surface area contributed by atoms with E-state index >= 15 is 0 Å². The molecule has 0 radical (unpaired) electrons. The zero-order valence-corrected chi connectivity index (χ0v) is 12.4. The van der Waals surface area contributed by atoms with E-state index < -0.39 is 0 Å². The number of rotatable bonds is 5. The molecule has 2 aliphatic rings. The van der Waals surface area contributed by atoms with Crippen molar-refractivity contribution in [3.63, 3.8) is 0 Å². The van der Waals surface area contributed by atoms with E-state index in [9.17, 15) is 0 Å². The van der Waals surface area contributed by atoms with Gasteiger partial charge in [0.2, 0.25) is 0 Å². The molecule has 0 aliphatic carbocycles. The van der Waals surface area contributed by atoms with Gasteiger partial charge in [0.25, 0.3) is 0 Å². The van der Waals surface area contributed by atoms with Gasteiger partial charge in [0, 0.05) is 38.9 Å². The molecule has 7 heteroatoms. The van der Waals surface area contributed by atoms with Crippen LogP contribution in [-0.4, -0.2) is 64.0 Å². The molecule has 3 heterocycles. The van der Waals surface area contributed by atoms with Gasteiger partial charge in [0.05, 0.1) is 25.5 Å². The van der Waals surface area contributed by atoms with Gasteiger partial charge in [0.15, 0.2) is 0 Å². The molecule has 0 saturated carbocycles. The first-order chi connectivity index (χ1) is 10.4. The number of aliphatic hydroxyl groups excluding tert-OH is 1. The molecule has 0 aromatic carbocycles. The fourth-order valence-electron chi connectivity index (χ4n) is 3.12. The maximum Gasteiger partial charge on any atom is 0.113 e. The molecule has 0 amide bonds. The van der Waals surface area contributed by atoms with Gasteiger partial charge in [-0.2, -0.15) is 0 Å². The van der Waals surface area contributed by atoms with E-state index in [1.165, 1.54) is 0 Å². The van der Waals surface area contributed by atoms with E-state index in [0.29, 0.717) is 19.3 Å². The fraction of sp³-hybridized carbons (Fsp3) is 0.857. The van der Waals surface area contributed by atoms with Crippen LogP contribution in [0.4, 0.5) is 0 Å². The molecule has 1 saturated heterocycles. The molecule has 7 nitrogen and oxygen atoms in total. The molecule has 1 fully saturated rings. The maximum absolute atomic E-state index is 8.80. The number of fused-ring (bicyclic) bond motifs is 1. The van der Waals surface area contributed by atoms with Gasteiger partial charge in [-0.1, -0.05) is 5.21 Å². The third-order valence-corrected chi connectivity index (χ3v) is 4.27. The van der Waals surface area contributed by atoms with Crippen molar-refractivity contribution in [1.29, 1.82) is 0 Å². The molecule has 1 aromatic heterocycles. The molecule has 0 spiro atoms. The molecular formula is C14H24N4O3. The Bertz CT molecular complexity index is 445. The van der Waals surface area contributed by atoms with Crippen LogP contribution in [0, 0.1) is 0 Å². The Morgan fingerprint density at radius 2 is 2.14 bits per heavy atom. The van der Waals surface area contributed by atoms with Crippen molar-refractivity contribution >= 4 is 0 Å². The third-order valence-electron chi connectivity index (χ3n) is 4.27. The second-order valence-corrected chi connectivity index (χ2v) is 5.65. The average molecular weight is 296 g/mol. The van der Waals surface area contributed by atoms with Crippen molar-refractivity contribution in [2.75, 3.05) is 33.0 Å². The minimum absolute atomic E-state index is 0.0394. The van der Waals surface area contributed by atoms with E-state index in [4.69, 9.17) is 14.6 Å². The summed E-state index contributed by atoms with van der Waals surface area (Å²) in [6, 6.07) is 0.603. The first-order valence-corrected chi connectivity index (χ1v) is 7.80. The molecule has 0 atom stereocenters. The van der Waals surface area contributed by atoms with E-state index in [2.05, 4.69) is 15.2 Å². The summed E-state index contributed by atoms with van der Waals surface area (Å²) in [7, 11) is 0. The highest BCUT2D eigenvalue weighted by Crippen LogP contribution is 2.22. The number of aromatic nitrogens is 3. The van der Waals surface area contributed by atoms with Gasteiger partial charge in [-0.3, -0.25) is 4.90 Å². The zero-order chi connectivity index (χ0) is 14.5. The third kappa shape index (κ3) is 3.60. The lowest BCUT2D eigenvalue weighted by atomic mass is 10.1. The summed E-state index contributed by atoms with van der Waals surface area (Å²) < 4.78 is 12.9. The Hall–Kier alpha value is -1.02. The summed E-state index contributed by atoms with van der Waals surface area (Å²) in [6.07, 6.45) is 3.32. The molecule has 1 aromatic rings. The van der Waals surface area contributed by atoms with Crippen molar-refractivity contribution in [1.82, 2.24) is 19.9 Å². The molecule has 21 heavy (non-hydrogen) atoms. The van der Waals surface area contributed by atoms with Crippen LogP contribution in [0.25, 0.3) is 0 Å². The van der Waals surface area contributed by atoms with E-state index in [1.54, 1.807) is 0 Å². The number of aryl methyl sites for hydroxylation is 1. The smallest absolute Gasteiger partial charge is 0.113 e. The van der Waals surface area contributed by atoms with E-state index in [0.717, 1.165) is 63.5 Å². The predicted octanol–water partition coefficient (Wildman–Crippen LogP) is 0.172. The molecule has 1 N–H and O–H groups in total. The number of ether oxygens (including phenoxy) is 2. The molecule has 118 valence electrons. The Morgan fingerprint density at radius 1 is 1.29 bits per heavy atom. The number of hydrogen-bond donors (Lipinski definition) is 1. The quantitative estimate of drug-likeness (QED) is 0.781. The van der Waals surface area contributed by atoms with Crippen molar-refractivity contribution in [3.05, 3.63) is 11.4 Å². The predicted molar refractivity (Wildman–Crippen MR) is 75.6 cm³/mol. The molecule has 3 rings (SSSR count). The van der Waals surface area contributed by atoms with Gasteiger partial charge in [-0.25, -0.2) is 4.68 Å². The minimum atomic E-state index is 0.0394. The fourth-order valence-corrected chi connectivity index (χ4v) is 3.12. The monoisotopic (exact) mass is 296 g/mol. The number of aliphatic hydroxyl groups is 1. The minimum Gasteiger partial charge on any atom is -0.394 e. The molecular weight excluding hydrogens is 272 g/mol. The first kappa shape index (κ1) is 14.9. The van der Waals surface area contributed by atoms with Crippen molar-refractivity contribution < 1.29 is 14.6 Å².